The summed E-state index contributed by atoms with van der Waals surface area (Å²) in [5.74, 6) is 1.76. The number of ether oxygens (including phenoxy) is 1. The molecule has 0 aliphatic carbocycles. The van der Waals surface area contributed by atoms with Crippen LogP contribution in [-0.2, 0) is 4.74 Å². The predicted molar refractivity (Wildman–Crippen MR) is 118 cm³/mol. The molecule has 0 amide bonds. The molecule has 152 valence electrons. The first-order valence-corrected chi connectivity index (χ1v) is 10.2. The van der Waals surface area contributed by atoms with Gasteiger partial charge in [0.05, 0.1) is 28.8 Å². The summed E-state index contributed by atoms with van der Waals surface area (Å²) < 4.78 is 5.43. The predicted octanol–water partition coefficient (Wildman–Crippen LogP) is 4.30. The van der Waals surface area contributed by atoms with E-state index in [2.05, 4.69) is 35.1 Å². The molecule has 3 aromatic heterocycles. The second-order valence-corrected chi connectivity index (χ2v) is 7.54. The topological polar surface area (TPSA) is 91.8 Å². The van der Waals surface area contributed by atoms with Gasteiger partial charge in [-0.1, -0.05) is 29.3 Å². The Hall–Kier alpha value is -2.94. The van der Waals surface area contributed by atoms with Crippen molar-refractivity contribution >= 4 is 51.7 Å². The smallest absolute Gasteiger partial charge is 0.183 e. The van der Waals surface area contributed by atoms with Gasteiger partial charge in [0.15, 0.2) is 11.5 Å². The van der Waals surface area contributed by atoms with E-state index < -0.39 is 0 Å². The summed E-state index contributed by atoms with van der Waals surface area (Å²) in [6, 6.07) is 9.29. The summed E-state index contributed by atoms with van der Waals surface area (Å²) in [7, 11) is 0. The molecule has 1 aromatic carbocycles. The number of aromatic amines is 1. The van der Waals surface area contributed by atoms with E-state index in [1.807, 2.05) is 12.1 Å². The molecule has 1 aliphatic rings. The first kappa shape index (κ1) is 19.0. The Morgan fingerprint density at radius 2 is 1.83 bits per heavy atom. The number of morpholine rings is 1. The fourth-order valence-corrected chi connectivity index (χ4v) is 3.97. The third-order valence-electron chi connectivity index (χ3n) is 4.85. The molecular weight excluding hydrogens is 425 g/mol. The van der Waals surface area contributed by atoms with Crippen LogP contribution in [0.1, 0.15) is 0 Å². The van der Waals surface area contributed by atoms with Crippen LogP contribution in [0.15, 0.2) is 42.9 Å². The highest BCUT2D eigenvalue weighted by Gasteiger charge is 2.17. The van der Waals surface area contributed by atoms with E-state index in [1.54, 1.807) is 24.4 Å². The third kappa shape index (κ3) is 3.65. The van der Waals surface area contributed by atoms with Gasteiger partial charge in [0.1, 0.15) is 23.5 Å². The molecule has 0 atom stereocenters. The van der Waals surface area contributed by atoms with Gasteiger partial charge in [0, 0.05) is 31.0 Å². The Labute approximate surface area is 182 Å². The maximum absolute atomic E-state index is 6.33. The number of benzene rings is 1. The van der Waals surface area contributed by atoms with Crippen LogP contribution in [0, 0.1) is 0 Å². The van der Waals surface area contributed by atoms with Crippen molar-refractivity contribution in [1.29, 1.82) is 0 Å². The molecule has 10 heteroatoms. The van der Waals surface area contributed by atoms with E-state index in [9.17, 15) is 0 Å². The lowest BCUT2D eigenvalue weighted by atomic mass is 10.2. The number of imidazole rings is 1. The monoisotopic (exact) mass is 441 g/mol. The fraction of sp³-hybridized carbons (Fsp3) is 0.200. The van der Waals surface area contributed by atoms with Crippen molar-refractivity contribution < 1.29 is 4.74 Å². The molecule has 4 heterocycles. The van der Waals surface area contributed by atoms with Crippen molar-refractivity contribution in [2.75, 3.05) is 36.5 Å². The lowest BCUT2D eigenvalue weighted by Gasteiger charge is -2.28. The summed E-state index contributed by atoms with van der Waals surface area (Å²) in [5, 5.41) is 4.27. The summed E-state index contributed by atoms with van der Waals surface area (Å²) in [6.45, 7) is 3.14. The van der Waals surface area contributed by atoms with Crippen LogP contribution < -0.4 is 10.2 Å². The summed E-state index contributed by atoms with van der Waals surface area (Å²) in [5.41, 5.74) is 2.84. The molecule has 1 saturated heterocycles. The minimum atomic E-state index is 0.503. The van der Waals surface area contributed by atoms with E-state index in [1.165, 1.54) is 6.33 Å². The fourth-order valence-electron chi connectivity index (χ4n) is 3.39. The van der Waals surface area contributed by atoms with Gasteiger partial charge in [0.25, 0.3) is 0 Å². The minimum Gasteiger partial charge on any atom is -0.378 e. The van der Waals surface area contributed by atoms with Gasteiger partial charge < -0.3 is 19.9 Å². The second-order valence-electron chi connectivity index (χ2n) is 6.73. The molecule has 30 heavy (non-hydrogen) atoms. The van der Waals surface area contributed by atoms with Crippen molar-refractivity contribution in [3.05, 3.63) is 52.9 Å². The number of pyridine rings is 1. The SMILES string of the molecule is Clc1cccc(Cl)c1-c1nc2ncnc(Nc3cc(N4CCOCC4)ccn3)c2[nH]1. The lowest BCUT2D eigenvalue weighted by Crippen LogP contribution is -2.36. The van der Waals surface area contributed by atoms with Crippen molar-refractivity contribution in [1.82, 2.24) is 24.9 Å². The number of H-pyrrole nitrogens is 1. The maximum Gasteiger partial charge on any atom is 0.183 e. The minimum absolute atomic E-state index is 0.503. The molecule has 0 unspecified atom stereocenters. The number of rotatable bonds is 4. The Morgan fingerprint density at radius 1 is 1.03 bits per heavy atom. The van der Waals surface area contributed by atoms with E-state index in [0.717, 1.165) is 32.0 Å². The van der Waals surface area contributed by atoms with Crippen molar-refractivity contribution in [3.63, 3.8) is 0 Å². The maximum atomic E-state index is 6.33. The van der Waals surface area contributed by atoms with Crippen LogP contribution in [-0.4, -0.2) is 51.2 Å². The first-order valence-electron chi connectivity index (χ1n) is 9.40. The van der Waals surface area contributed by atoms with E-state index in [-0.39, 0.29) is 0 Å². The Kier molecular flexibility index (Phi) is 5.12. The van der Waals surface area contributed by atoms with Gasteiger partial charge in [0.2, 0.25) is 0 Å². The third-order valence-corrected chi connectivity index (χ3v) is 5.48. The molecule has 2 N–H and O–H groups in total. The summed E-state index contributed by atoms with van der Waals surface area (Å²) in [6.07, 6.45) is 3.22. The molecule has 5 rings (SSSR count). The summed E-state index contributed by atoms with van der Waals surface area (Å²) >= 11 is 12.7. The molecular formula is C20H17Cl2N7O. The Bertz CT molecular complexity index is 1190. The molecule has 1 fully saturated rings. The second kappa shape index (κ2) is 8.06. The number of hydrogen-bond acceptors (Lipinski definition) is 7. The zero-order valence-electron chi connectivity index (χ0n) is 15.8. The molecule has 8 nitrogen and oxygen atoms in total. The van der Waals surface area contributed by atoms with Gasteiger partial charge in [-0.2, -0.15) is 0 Å². The van der Waals surface area contributed by atoms with Crippen molar-refractivity contribution in [2.45, 2.75) is 0 Å². The first-order chi connectivity index (χ1) is 14.7. The largest absolute Gasteiger partial charge is 0.378 e. The van der Waals surface area contributed by atoms with Crippen LogP contribution in [0.5, 0.6) is 0 Å². The number of hydrogen-bond donors (Lipinski definition) is 2. The van der Waals surface area contributed by atoms with Gasteiger partial charge in [-0.25, -0.2) is 19.9 Å². The molecule has 0 bridgehead atoms. The van der Waals surface area contributed by atoms with Crippen molar-refractivity contribution in [2.24, 2.45) is 0 Å². The number of fused-ring (bicyclic) bond motifs is 1. The number of halogens is 2. The number of nitrogens with zero attached hydrogens (tertiary/aromatic N) is 5. The molecule has 0 radical (unpaired) electrons. The van der Waals surface area contributed by atoms with Crippen molar-refractivity contribution in [3.8, 4) is 11.4 Å². The highest BCUT2D eigenvalue weighted by Crippen LogP contribution is 2.34. The highest BCUT2D eigenvalue weighted by atomic mass is 35.5. The normalized spacial score (nSPS) is 14.3. The van der Waals surface area contributed by atoms with Crippen LogP contribution in [0.25, 0.3) is 22.6 Å². The van der Waals surface area contributed by atoms with Gasteiger partial charge in [-0.3, -0.25) is 0 Å². The average molecular weight is 442 g/mol. The van der Waals surface area contributed by atoms with Crippen LogP contribution in [0.3, 0.4) is 0 Å². The van der Waals surface area contributed by atoms with E-state index in [0.29, 0.717) is 44.2 Å². The van der Waals surface area contributed by atoms with E-state index in [4.69, 9.17) is 27.9 Å². The van der Waals surface area contributed by atoms with Gasteiger partial charge >= 0.3 is 0 Å². The van der Waals surface area contributed by atoms with Gasteiger partial charge in [-0.05, 0) is 18.2 Å². The van der Waals surface area contributed by atoms with Crippen LogP contribution in [0.2, 0.25) is 10.0 Å². The summed E-state index contributed by atoms with van der Waals surface area (Å²) in [4.78, 5) is 23.1. The van der Waals surface area contributed by atoms with E-state index >= 15 is 0 Å². The molecule has 1 aliphatic heterocycles. The quantitative estimate of drug-likeness (QED) is 0.487. The number of nitrogens with one attached hydrogen (secondary N) is 2. The number of aromatic nitrogens is 5. The Balaban J connectivity index is 1.49. The molecule has 0 spiro atoms. The van der Waals surface area contributed by atoms with Gasteiger partial charge in [-0.15, -0.1) is 0 Å². The molecule has 4 aromatic rings. The zero-order chi connectivity index (χ0) is 20.5. The van der Waals surface area contributed by atoms with Crippen LogP contribution >= 0.6 is 23.2 Å². The average Bonchev–Trinajstić information content (AvgIpc) is 3.19. The van der Waals surface area contributed by atoms with Crippen LogP contribution in [0.4, 0.5) is 17.3 Å². The lowest BCUT2D eigenvalue weighted by molar-refractivity contribution is 0.122. The molecule has 0 saturated carbocycles. The number of anilines is 3. The zero-order valence-corrected chi connectivity index (χ0v) is 17.3. The standard InChI is InChI=1S/C20H17Cl2N7O/c21-13-2-1-3-14(22)16(13)18-27-17-19(24-11-25-20(17)28-18)26-15-10-12(4-5-23-15)29-6-8-30-9-7-29/h1-5,10-11H,6-9H2,(H2,23,24,25,26,27,28). The highest BCUT2D eigenvalue weighted by molar-refractivity contribution is 6.39. The Morgan fingerprint density at radius 3 is 2.63 bits per heavy atom.